The molecule has 1 aromatic heterocycles. The minimum absolute atomic E-state index is 0.948. The molecule has 112 valence electrons. The van der Waals surface area contributed by atoms with E-state index in [4.69, 9.17) is 0 Å². The SMILES string of the molecule is CCn1c(-c2ccccc2)c2ccccc2c1-c1ccccc1. The second kappa shape index (κ2) is 5.77. The van der Waals surface area contributed by atoms with Gasteiger partial charge in [-0.2, -0.15) is 0 Å². The Morgan fingerprint density at radius 3 is 1.35 bits per heavy atom. The molecule has 0 amide bonds. The van der Waals surface area contributed by atoms with Gasteiger partial charge in [-0.1, -0.05) is 84.9 Å². The maximum absolute atomic E-state index is 2.44. The van der Waals surface area contributed by atoms with Crippen LogP contribution in [0, 0.1) is 0 Å². The fraction of sp³-hybridized carbons (Fsp3) is 0.0909. The molecule has 1 heterocycles. The molecule has 0 aliphatic rings. The van der Waals surface area contributed by atoms with Crippen molar-refractivity contribution in [2.75, 3.05) is 0 Å². The highest BCUT2D eigenvalue weighted by Crippen LogP contribution is 2.39. The molecule has 0 radical (unpaired) electrons. The van der Waals surface area contributed by atoms with Gasteiger partial charge in [0.15, 0.2) is 0 Å². The molecule has 0 aliphatic heterocycles. The normalized spacial score (nSPS) is 11.0. The van der Waals surface area contributed by atoms with Crippen LogP contribution in [0.1, 0.15) is 6.92 Å². The quantitative estimate of drug-likeness (QED) is 0.437. The van der Waals surface area contributed by atoms with Gasteiger partial charge in [0, 0.05) is 17.3 Å². The van der Waals surface area contributed by atoms with Crippen LogP contribution in [-0.2, 0) is 6.54 Å². The van der Waals surface area contributed by atoms with Crippen molar-refractivity contribution in [1.82, 2.24) is 4.57 Å². The molecule has 0 atom stereocenters. The van der Waals surface area contributed by atoms with E-state index in [1.807, 2.05) is 0 Å². The van der Waals surface area contributed by atoms with Crippen molar-refractivity contribution in [3.8, 4) is 22.5 Å². The van der Waals surface area contributed by atoms with Crippen LogP contribution >= 0.6 is 0 Å². The van der Waals surface area contributed by atoms with E-state index >= 15 is 0 Å². The summed E-state index contributed by atoms with van der Waals surface area (Å²) in [5, 5.41) is 2.64. The first kappa shape index (κ1) is 13.8. The zero-order chi connectivity index (χ0) is 15.6. The van der Waals surface area contributed by atoms with Gasteiger partial charge in [-0.05, 0) is 18.1 Å². The van der Waals surface area contributed by atoms with Crippen molar-refractivity contribution >= 4 is 10.8 Å². The second-order valence-corrected chi connectivity index (χ2v) is 5.72. The lowest BCUT2D eigenvalue weighted by Crippen LogP contribution is -1.99. The molecule has 0 N–H and O–H groups in total. The Bertz CT molecular complexity index is 857. The molecule has 3 aromatic carbocycles. The molecule has 4 aromatic rings. The smallest absolute Gasteiger partial charge is 0.0565 e. The summed E-state index contributed by atoms with van der Waals surface area (Å²) in [4.78, 5) is 0. The topological polar surface area (TPSA) is 4.93 Å². The zero-order valence-electron chi connectivity index (χ0n) is 13.2. The lowest BCUT2D eigenvalue weighted by molar-refractivity contribution is 0.788. The van der Waals surface area contributed by atoms with Crippen LogP contribution in [-0.4, -0.2) is 4.57 Å². The van der Waals surface area contributed by atoms with Gasteiger partial charge in [-0.3, -0.25) is 0 Å². The van der Waals surface area contributed by atoms with Gasteiger partial charge >= 0.3 is 0 Å². The Morgan fingerprint density at radius 2 is 0.957 bits per heavy atom. The second-order valence-electron chi connectivity index (χ2n) is 5.72. The first-order valence-electron chi connectivity index (χ1n) is 8.12. The van der Waals surface area contributed by atoms with E-state index in [0.717, 1.165) is 6.54 Å². The molecule has 0 aliphatic carbocycles. The highest BCUT2D eigenvalue weighted by molar-refractivity contribution is 6.05. The molecule has 4 rings (SSSR count). The fourth-order valence-corrected chi connectivity index (χ4v) is 3.43. The van der Waals surface area contributed by atoms with Crippen molar-refractivity contribution in [2.24, 2.45) is 0 Å². The van der Waals surface area contributed by atoms with Gasteiger partial charge < -0.3 is 4.57 Å². The average Bonchev–Trinajstić information content (AvgIpc) is 2.97. The van der Waals surface area contributed by atoms with E-state index in [1.54, 1.807) is 0 Å². The van der Waals surface area contributed by atoms with Gasteiger partial charge in [0.2, 0.25) is 0 Å². The van der Waals surface area contributed by atoms with Crippen LogP contribution in [0.5, 0.6) is 0 Å². The largest absolute Gasteiger partial charge is 0.340 e. The predicted octanol–water partition coefficient (Wildman–Crippen LogP) is 6.00. The van der Waals surface area contributed by atoms with Crippen molar-refractivity contribution in [1.29, 1.82) is 0 Å². The Balaban J connectivity index is 2.12. The van der Waals surface area contributed by atoms with Crippen molar-refractivity contribution < 1.29 is 0 Å². The van der Waals surface area contributed by atoms with Crippen LogP contribution in [0.4, 0.5) is 0 Å². The third-order valence-corrected chi connectivity index (χ3v) is 4.39. The van der Waals surface area contributed by atoms with E-state index in [2.05, 4.69) is 96.4 Å². The summed E-state index contributed by atoms with van der Waals surface area (Å²) in [5.74, 6) is 0. The highest BCUT2D eigenvalue weighted by atomic mass is 15.0. The monoisotopic (exact) mass is 297 g/mol. The molecule has 0 bridgehead atoms. The number of rotatable bonds is 3. The summed E-state index contributed by atoms with van der Waals surface area (Å²) >= 11 is 0. The summed E-state index contributed by atoms with van der Waals surface area (Å²) < 4.78 is 2.44. The third kappa shape index (κ3) is 2.25. The number of fused-ring (bicyclic) bond motifs is 1. The van der Waals surface area contributed by atoms with E-state index in [9.17, 15) is 0 Å². The summed E-state index contributed by atoms with van der Waals surface area (Å²) in [6, 6.07) is 30.1. The van der Waals surface area contributed by atoms with E-state index in [1.165, 1.54) is 33.3 Å². The first-order valence-corrected chi connectivity index (χ1v) is 8.12. The minimum Gasteiger partial charge on any atom is -0.340 e. The van der Waals surface area contributed by atoms with Crippen LogP contribution < -0.4 is 0 Å². The van der Waals surface area contributed by atoms with Crippen molar-refractivity contribution in [2.45, 2.75) is 13.5 Å². The van der Waals surface area contributed by atoms with Gasteiger partial charge in [-0.15, -0.1) is 0 Å². The van der Waals surface area contributed by atoms with E-state index in [-0.39, 0.29) is 0 Å². The average molecular weight is 297 g/mol. The van der Waals surface area contributed by atoms with Crippen LogP contribution in [0.15, 0.2) is 84.9 Å². The van der Waals surface area contributed by atoms with Gasteiger partial charge in [0.05, 0.1) is 11.4 Å². The lowest BCUT2D eigenvalue weighted by Gasteiger charge is -2.12. The standard InChI is InChI=1S/C22H19N/c1-2-23-21(17-11-5-3-6-12-17)19-15-9-10-16-20(19)22(23)18-13-7-4-8-14-18/h3-16H,2H2,1H3. The Hall–Kier alpha value is -2.80. The van der Waals surface area contributed by atoms with Gasteiger partial charge in [0.25, 0.3) is 0 Å². The number of hydrogen-bond acceptors (Lipinski definition) is 0. The van der Waals surface area contributed by atoms with E-state index in [0.29, 0.717) is 0 Å². The molecule has 0 fully saturated rings. The van der Waals surface area contributed by atoms with Crippen molar-refractivity contribution in [3.05, 3.63) is 84.9 Å². The number of nitrogens with zero attached hydrogens (tertiary/aromatic N) is 1. The summed E-state index contributed by atoms with van der Waals surface area (Å²) in [7, 11) is 0. The molecule has 0 saturated heterocycles. The Kier molecular flexibility index (Phi) is 3.47. The molecule has 1 nitrogen and oxygen atoms in total. The lowest BCUT2D eigenvalue weighted by atomic mass is 10.0. The highest BCUT2D eigenvalue weighted by Gasteiger charge is 2.17. The maximum Gasteiger partial charge on any atom is 0.0565 e. The van der Waals surface area contributed by atoms with Crippen LogP contribution in [0.25, 0.3) is 33.3 Å². The zero-order valence-corrected chi connectivity index (χ0v) is 13.2. The molecule has 0 spiro atoms. The van der Waals surface area contributed by atoms with Gasteiger partial charge in [-0.25, -0.2) is 0 Å². The van der Waals surface area contributed by atoms with E-state index < -0.39 is 0 Å². The number of aromatic nitrogens is 1. The summed E-state index contributed by atoms with van der Waals surface area (Å²) in [6.45, 7) is 3.17. The molecule has 23 heavy (non-hydrogen) atoms. The van der Waals surface area contributed by atoms with Crippen LogP contribution in [0.3, 0.4) is 0 Å². The maximum atomic E-state index is 2.44. The summed E-state index contributed by atoms with van der Waals surface area (Å²) in [5.41, 5.74) is 5.16. The van der Waals surface area contributed by atoms with Crippen LogP contribution in [0.2, 0.25) is 0 Å². The molecule has 0 saturated carbocycles. The Labute approximate surface area is 136 Å². The van der Waals surface area contributed by atoms with Gasteiger partial charge in [0.1, 0.15) is 0 Å². The molecular weight excluding hydrogens is 278 g/mol. The van der Waals surface area contributed by atoms with Crippen molar-refractivity contribution in [3.63, 3.8) is 0 Å². The third-order valence-electron chi connectivity index (χ3n) is 4.39. The fourth-order valence-electron chi connectivity index (χ4n) is 3.43. The Morgan fingerprint density at radius 1 is 0.565 bits per heavy atom. The molecule has 1 heteroatoms. The molecular formula is C22H19N. The summed E-state index contributed by atoms with van der Waals surface area (Å²) in [6.07, 6.45) is 0. The molecule has 0 unspecified atom stereocenters. The minimum atomic E-state index is 0.948. The number of benzene rings is 3. The number of hydrogen-bond donors (Lipinski definition) is 0. The first-order chi connectivity index (χ1) is 11.4. The predicted molar refractivity (Wildman–Crippen MR) is 98.5 cm³/mol.